The summed E-state index contributed by atoms with van der Waals surface area (Å²) in [5.41, 5.74) is 2.15. The summed E-state index contributed by atoms with van der Waals surface area (Å²) in [4.78, 5) is -0.0284. The zero-order chi connectivity index (χ0) is 24.2. The molecule has 1 aromatic heterocycles. The van der Waals surface area contributed by atoms with Gasteiger partial charge in [-0.1, -0.05) is 41.3 Å². The second-order valence-electron chi connectivity index (χ2n) is 6.99. The van der Waals surface area contributed by atoms with Crippen molar-refractivity contribution in [2.24, 2.45) is 5.14 Å². The first-order valence-electron chi connectivity index (χ1n) is 9.67. The van der Waals surface area contributed by atoms with Crippen LogP contribution in [0.1, 0.15) is 12.2 Å². The van der Waals surface area contributed by atoms with E-state index in [-0.39, 0.29) is 10.6 Å². The lowest BCUT2D eigenvalue weighted by Crippen LogP contribution is -2.17. The summed E-state index contributed by atoms with van der Waals surface area (Å²) in [6.45, 7) is 0. The summed E-state index contributed by atoms with van der Waals surface area (Å²) < 4.78 is 48.5. The maximum Gasteiger partial charge on any atom is 0.238 e. The van der Waals surface area contributed by atoms with Crippen molar-refractivity contribution in [1.29, 1.82) is 0 Å². The minimum Gasteiger partial charge on any atom is -0.494 e. The fourth-order valence-electron chi connectivity index (χ4n) is 3.10. The number of nitrogens with zero attached hydrogens (tertiary/aromatic N) is 2. The van der Waals surface area contributed by atoms with E-state index in [1.165, 1.54) is 50.2 Å². The van der Waals surface area contributed by atoms with E-state index < -0.39 is 15.8 Å². The molecule has 0 spiro atoms. The van der Waals surface area contributed by atoms with Gasteiger partial charge in [0.15, 0.2) is 15.9 Å². The van der Waals surface area contributed by atoms with Gasteiger partial charge in [-0.25, -0.2) is 23.0 Å². The highest BCUT2D eigenvalue weighted by molar-refractivity contribution is 8.22. The number of aromatic nitrogens is 1. The molecule has 0 saturated carbocycles. The van der Waals surface area contributed by atoms with Gasteiger partial charge in [-0.05, 0) is 42.3 Å². The number of nitrogens with two attached hydrogens (primary N) is 1. The van der Waals surface area contributed by atoms with Crippen molar-refractivity contribution >= 4 is 38.3 Å². The number of benzene rings is 2. The number of ether oxygens (including phenoxy) is 1. The molecule has 8 nitrogen and oxygen atoms in total. The van der Waals surface area contributed by atoms with E-state index in [1.54, 1.807) is 18.2 Å². The van der Waals surface area contributed by atoms with Crippen LogP contribution in [0.25, 0.3) is 22.4 Å². The zero-order valence-corrected chi connectivity index (χ0v) is 20.3. The highest BCUT2D eigenvalue weighted by Crippen LogP contribution is 2.37. The maximum absolute atomic E-state index is 14.3. The Labute approximate surface area is 200 Å². The SMILES string of the molecule is COc1ccc(-c2noc(CCCSC(=S)N(C)O)c2-c2ccc(S(N)(=O)=O)cc2)cc1F. The molecule has 0 aliphatic rings. The molecule has 3 N–H and O–H groups in total. The Balaban J connectivity index is 1.97. The lowest BCUT2D eigenvalue weighted by molar-refractivity contribution is 0.0205. The predicted octanol–water partition coefficient (Wildman–Crippen LogP) is 4.08. The Morgan fingerprint density at radius 2 is 1.94 bits per heavy atom. The number of aryl methyl sites for hydroxylation is 1. The normalized spacial score (nSPS) is 11.4. The highest BCUT2D eigenvalue weighted by Gasteiger charge is 2.21. The summed E-state index contributed by atoms with van der Waals surface area (Å²) in [5.74, 6) is 0.728. The lowest BCUT2D eigenvalue weighted by Gasteiger charge is -2.10. The molecular formula is C21H22FN3O5S3. The van der Waals surface area contributed by atoms with Gasteiger partial charge < -0.3 is 9.26 Å². The summed E-state index contributed by atoms with van der Waals surface area (Å²) in [6, 6.07) is 10.4. The van der Waals surface area contributed by atoms with Gasteiger partial charge in [-0.3, -0.25) is 5.21 Å². The highest BCUT2D eigenvalue weighted by atomic mass is 32.2. The van der Waals surface area contributed by atoms with Crippen LogP contribution in [0.4, 0.5) is 4.39 Å². The van der Waals surface area contributed by atoms with Crippen molar-refractivity contribution < 1.29 is 27.3 Å². The molecule has 2 aromatic carbocycles. The van der Waals surface area contributed by atoms with Gasteiger partial charge in [-0.2, -0.15) is 0 Å². The molecule has 12 heteroatoms. The van der Waals surface area contributed by atoms with E-state index in [2.05, 4.69) is 5.16 Å². The van der Waals surface area contributed by atoms with Crippen LogP contribution >= 0.6 is 24.0 Å². The molecule has 0 amide bonds. The van der Waals surface area contributed by atoms with Crippen molar-refractivity contribution in [3.8, 4) is 28.1 Å². The van der Waals surface area contributed by atoms with Crippen LogP contribution in [-0.4, -0.2) is 48.1 Å². The van der Waals surface area contributed by atoms with Crippen LogP contribution in [0.3, 0.4) is 0 Å². The maximum atomic E-state index is 14.3. The largest absolute Gasteiger partial charge is 0.494 e. The molecule has 3 rings (SSSR count). The molecule has 0 saturated heterocycles. The van der Waals surface area contributed by atoms with Gasteiger partial charge in [0.2, 0.25) is 10.0 Å². The fourth-order valence-corrected chi connectivity index (χ4v) is 4.52. The van der Waals surface area contributed by atoms with Crippen LogP contribution < -0.4 is 9.88 Å². The first kappa shape index (κ1) is 25.1. The molecule has 3 aromatic rings. The number of hydrogen-bond donors (Lipinski definition) is 2. The lowest BCUT2D eigenvalue weighted by atomic mass is 9.97. The van der Waals surface area contributed by atoms with Gasteiger partial charge in [0, 0.05) is 24.8 Å². The minimum atomic E-state index is -3.85. The second kappa shape index (κ2) is 10.6. The van der Waals surface area contributed by atoms with Gasteiger partial charge >= 0.3 is 0 Å². The molecule has 33 heavy (non-hydrogen) atoms. The van der Waals surface area contributed by atoms with Crippen LogP contribution in [0.15, 0.2) is 51.9 Å². The van der Waals surface area contributed by atoms with Gasteiger partial charge in [0.1, 0.15) is 11.5 Å². The monoisotopic (exact) mass is 511 g/mol. The second-order valence-corrected chi connectivity index (χ2v) is 10.3. The molecule has 0 unspecified atom stereocenters. The molecule has 0 atom stereocenters. The minimum absolute atomic E-state index is 0.0284. The van der Waals surface area contributed by atoms with E-state index >= 15 is 0 Å². The molecule has 0 aliphatic heterocycles. The van der Waals surface area contributed by atoms with Crippen molar-refractivity contribution in [3.05, 3.63) is 54.0 Å². The molecule has 0 radical (unpaired) electrons. The zero-order valence-electron chi connectivity index (χ0n) is 17.8. The van der Waals surface area contributed by atoms with Crippen molar-refractivity contribution in [3.63, 3.8) is 0 Å². The third-order valence-corrected chi connectivity index (χ3v) is 7.25. The Morgan fingerprint density at radius 1 is 1.27 bits per heavy atom. The van der Waals surface area contributed by atoms with Gasteiger partial charge in [-0.15, -0.1) is 0 Å². The van der Waals surface area contributed by atoms with E-state index in [0.29, 0.717) is 51.1 Å². The number of thioether (sulfide) groups is 1. The number of halogens is 1. The average Bonchev–Trinajstić information content (AvgIpc) is 3.19. The Kier molecular flexibility index (Phi) is 8.08. The molecule has 0 fully saturated rings. The first-order chi connectivity index (χ1) is 15.6. The van der Waals surface area contributed by atoms with Crippen LogP contribution in [-0.2, 0) is 16.4 Å². The summed E-state index contributed by atoms with van der Waals surface area (Å²) in [7, 11) is -1.02. The Morgan fingerprint density at radius 3 is 2.52 bits per heavy atom. The molecule has 0 aliphatic carbocycles. The van der Waals surface area contributed by atoms with Crippen LogP contribution in [0.2, 0.25) is 0 Å². The molecule has 0 bridgehead atoms. The van der Waals surface area contributed by atoms with E-state index in [0.717, 1.165) is 5.06 Å². The third kappa shape index (κ3) is 6.09. The average molecular weight is 512 g/mol. The predicted molar refractivity (Wildman–Crippen MR) is 128 cm³/mol. The number of hydrogen-bond acceptors (Lipinski definition) is 8. The van der Waals surface area contributed by atoms with E-state index in [4.69, 9.17) is 26.6 Å². The number of thiocarbonyl (C=S) groups is 1. The number of rotatable bonds is 8. The van der Waals surface area contributed by atoms with Crippen molar-refractivity contribution in [2.75, 3.05) is 19.9 Å². The molecule has 1 heterocycles. The van der Waals surface area contributed by atoms with Crippen LogP contribution in [0.5, 0.6) is 5.75 Å². The van der Waals surface area contributed by atoms with E-state index in [9.17, 15) is 18.0 Å². The number of methoxy groups -OCH3 is 1. The molecule has 176 valence electrons. The van der Waals surface area contributed by atoms with E-state index in [1.807, 2.05) is 0 Å². The van der Waals surface area contributed by atoms with Crippen molar-refractivity contribution in [2.45, 2.75) is 17.7 Å². The number of primary sulfonamides is 1. The smallest absolute Gasteiger partial charge is 0.238 e. The number of sulfonamides is 1. The Hall–Kier alpha value is -2.51. The topological polar surface area (TPSA) is 119 Å². The third-order valence-electron chi connectivity index (χ3n) is 4.70. The summed E-state index contributed by atoms with van der Waals surface area (Å²) in [6.07, 6.45) is 1.15. The number of hydroxylamine groups is 2. The van der Waals surface area contributed by atoms with Gasteiger partial charge in [0.05, 0.1) is 17.6 Å². The fraction of sp³-hybridized carbons (Fsp3) is 0.238. The van der Waals surface area contributed by atoms with Gasteiger partial charge in [0.25, 0.3) is 0 Å². The van der Waals surface area contributed by atoms with Crippen LogP contribution in [0, 0.1) is 5.82 Å². The summed E-state index contributed by atoms with van der Waals surface area (Å²) >= 11 is 6.37. The van der Waals surface area contributed by atoms with Crippen molar-refractivity contribution in [1.82, 2.24) is 10.2 Å². The first-order valence-corrected chi connectivity index (χ1v) is 12.6. The Bertz CT molecular complexity index is 1240. The standard InChI is InChI=1S/C21H22FN3O5S3/c1-25(26)21(31)32-11-3-4-18-19(13-5-8-15(9-6-13)33(23,27)28)20(24-30-18)14-7-10-17(29-2)16(22)12-14/h5-10,12,26H,3-4,11H2,1-2H3,(H2,23,27,28). The molecular weight excluding hydrogens is 489 g/mol. The quantitative estimate of drug-likeness (QED) is 0.262. The summed E-state index contributed by atoms with van der Waals surface area (Å²) in [5, 5.41) is 19.6.